The molecule has 1 aliphatic carbocycles. The van der Waals surface area contributed by atoms with Gasteiger partial charge in [0.25, 0.3) is 5.56 Å². The van der Waals surface area contributed by atoms with Gasteiger partial charge in [-0.3, -0.25) is 14.3 Å². The fraction of sp³-hybridized carbons (Fsp3) is 0.684. The maximum Gasteiger partial charge on any atom is 0.423 e. The highest BCUT2D eigenvalue weighted by atomic mass is 32.2. The number of alkyl halides is 3. The molecule has 1 saturated carbocycles. The van der Waals surface area contributed by atoms with Gasteiger partial charge in [0, 0.05) is 17.9 Å². The van der Waals surface area contributed by atoms with E-state index >= 15 is 0 Å². The Bertz CT molecular complexity index is 873. The van der Waals surface area contributed by atoms with Gasteiger partial charge in [0.05, 0.1) is 18.6 Å². The average molecular weight is 448 g/mol. The number of nitrogens with zero attached hydrogens (tertiary/aromatic N) is 1. The van der Waals surface area contributed by atoms with Crippen LogP contribution in [0.5, 0.6) is 0 Å². The summed E-state index contributed by atoms with van der Waals surface area (Å²) < 4.78 is 56.9. The van der Waals surface area contributed by atoms with Gasteiger partial charge < -0.3 is 14.2 Å². The molecular formula is C19H23F3N2O5S. The predicted octanol–water partition coefficient (Wildman–Crippen LogP) is 2.51. The van der Waals surface area contributed by atoms with E-state index < -0.39 is 41.4 Å². The summed E-state index contributed by atoms with van der Waals surface area (Å²) in [5.41, 5.74) is -3.96. The van der Waals surface area contributed by atoms with Crippen molar-refractivity contribution in [2.45, 2.75) is 62.0 Å². The molecule has 0 aromatic carbocycles. The summed E-state index contributed by atoms with van der Waals surface area (Å²) in [6.07, 6.45) is 3.46. The molecule has 2 aliphatic rings. The number of hydrogen-bond donors (Lipinski definition) is 1. The first-order valence-corrected chi connectivity index (χ1v) is 10.7. The average Bonchev–Trinajstić information content (AvgIpc) is 3.32. The zero-order valence-corrected chi connectivity index (χ0v) is 17.0. The Morgan fingerprint density at radius 2 is 2.07 bits per heavy atom. The number of terminal acetylenes is 1. The summed E-state index contributed by atoms with van der Waals surface area (Å²) in [4.78, 5) is 25.3. The van der Waals surface area contributed by atoms with Crippen molar-refractivity contribution in [3.63, 3.8) is 0 Å². The molecule has 7 nitrogen and oxygen atoms in total. The maximum absolute atomic E-state index is 13.1. The van der Waals surface area contributed by atoms with Gasteiger partial charge in [-0.1, -0.05) is 18.8 Å². The minimum absolute atomic E-state index is 0.0115. The summed E-state index contributed by atoms with van der Waals surface area (Å²) in [5, 5.41) is 0.580. The number of aromatic amines is 1. The lowest BCUT2D eigenvalue weighted by molar-refractivity contribution is -0.139. The van der Waals surface area contributed by atoms with E-state index in [1.807, 2.05) is 0 Å². The van der Waals surface area contributed by atoms with Crippen LogP contribution in [0, 0.1) is 12.3 Å². The minimum Gasteiger partial charge on any atom is -0.368 e. The quantitative estimate of drug-likeness (QED) is 0.374. The van der Waals surface area contributed by atoms with E-state index in [1.54, 1.807) is 16.7 Å². The van der Waals surface area contributed by atoms with E-state index in [2.05, 4.69) is 5.92 Å². The molecule has 0 unspecified atom stereocenters. The molecule has 3 atom stereocenters. The second kappa shape index (κ2) is 10.0. The number of hydrogen-bond acceptors (Lipinski definition) is 6. The fourth-order valence-corrected chi connectivity index (χ4v) is 4.67. The number of thioether (sulfide) groups is 1. The van der Waals surface area contributed by atoms with Gasteiger partial charge in [0.15, 0.2) is 0 Å². The number of nitrogens with one attached hydrogen (secondary N) is 1. The van der Waals surface area contributed by atoms with Gasteiger partial charge in [-0.2, -0.15) is 13.2 Å². The van der Waals surface area contributed by atoms with E-state index in [9.17, 15) is 22.8 Å². The molecule has 166 valence electrons. The first kappa shape index (κ1) is 22.9. The minimum atomic E-state index is -4.90. The molecule has 0 radical (unpaired) electrons. The Balaban J connectivity index is 1.68. The maximum atomic E-state index is 13.1. The normalized spacial score (nSPS) is 24.9. The van der Waals surface area contributed by atoms with Crippen molar-refractivity contribution in [3.8, 4) is 12.3 Å². The molecule has 3 rings (SSSR count). The molecular weight excluding hydrogens is 425 g/mol. The molecule has 1 saturated heterocycles. The highest BCUT2D eigenvalue weighted by Crippen LogP contribution is 2.33. The van der Waals surface area contributed by atoms with Crippen molar-refractivity contribution in [1.82, 2.24) is 9.55 Å². The van der Waals surface area contributed by atoms with Crippen LogP contribution < -0.4 is 11.2 Å². The molecule has 0 amide bonds. The molecule has 1 aromatic rings. The Labute approximate surface area is 175 Å². The molecule has 0 spiro atoms. The van der Waals surface area contributed by atoms with Crippen LogP contribution in [0.1, 0.15) is 43.9 Å². The van der Waals surface area contributed by atoms with Gasteiger partial charge in [-0.05, 0) is 12.8 Å². The van der Waals surface area contributed by atoms with E-state index in [-0.39, 0.29) is 19.6 Å². The first-order chi connectivity index (χ1) is 14.3. The number of H-pyrrole nitrogens is 1. The van der Waals surface area contributed by atoms with Crippen molar-refractivity contribution < 1.29 is 27.4 Å². The van der Waals surface area contributed by atoms with Gasteiger partial charge in [-0.15, -0.1) is 18.2 Å². The third-order valence-corrected chi connectivity index (χ3v) is 6.36. The Kier molecular flexibility index (Phi) is 7.68. The Morgan fingerprint density at radius 3 is 2.73 bits per heavy atom. The van der Waals surface area contributed by atoms with E-state index in [4.69, 9.17) is 20.6 Å². The lowest BCUT2D eigenvalue weighted by Crippen LogP contribution is -2.36. The molecule has 0 bridgehead atoms. The van der Waals surface area contributed by atoms with Crippen molar-refractivity contribution in [2.24, 2.45) is 0 Å². The van der Waals surface area contributed by atoms with Gasteiger partial charge in [0.2, 0.25) is 0 Å². The summed E-state index contributed by atoms with van der Waals surface area (Å²) in [5.74, 6) is 2.80. The summed E-state index contributed by atoms with van der Waals surface area (Å²) in [7, 11) is 0. The second-order valence-electron chi connectivity index (χ2n) is 7.19. The molecule has 11 heteroatoms. The summed E-state index contributed by atoms with van der Waals surface area (Å²) >= 11 is 1.72. The zero-order chi connectivity index (χ0) is 21.7. The Hall–Kier alpha value is -1.74. The lowest BCUT2D eigenvalue weighted by Gasteiger charge is -2.19. The fourth-order valence-electron chi connectivity index (χ4n) is 3.62. The highest BCUT2D eigenvalue weighted by Gasteiger charge is 2.40. The SMILES string of the molecule is C#CCO[C@H]1C[C@H](n2cc(C(F)(F)F)c(=O)[nH]c2=O)O[C@@H]1COCSC1CCCC1. The lowest BCUT2D eigenvalue weighted by atomic mass is 10.2. The van der Waals surface area contributed by atoms with Crippen molar-refractivity contribution >= 4 is 11.8 Å². The molecule has 1 aromatic heterocycles. The summed E-state index contributed by atoms with van der Waals surface area (Å²) in [6.45, 7) is 0.137. The number of rotatable bonds is 8. The van der Waals surface area contributed by atoms with Crippen LogP contribution >= 0.6 is 11.8 Å². The first-order valence-electron chi connectivity index (χ1n) is 9.62. The standard InChI is InChI=1S/C19H23F3N2O5S/c1-2-7-28-14-8-16(24-9-13(19(20,21)22)17(25)23-18(24)26)29-15(14)10-27-11-30-12-5-3-4-6-12/h1,9,12,14-16H,3-8,10-11H2,(H,23,25,26)/t14-,15+,16+/m0/s1. The van der Waals surface area contributed by atoms with Crippen molar-refractivity contribution in [1.29, 1.82) is 0 Å². The molecule has 1 aliphatic heterocycles. The van der Waals surface area contributed by atoms with Crippen molar-refractivity contribution in [3.05, 3.63) is 32.6 Å². The number of ether oxygens (including phenoxy) is 3. The van der Waals surface area contributed by atoms with Crippen LogP contribution in [0.4, 0.5) is 13.2 Å². The molecule has 1 N–H and O–H groups in total. The number of aromatic nitrogens is 2. The topological polar surface area (TPSA) is 82.6 Å². The van der Waals surface area contributed by atoms with Crippen LogP contribution in [-0.4, -0.2) is 46.2 Å². The predicted molar refractivity (Wildman–Crippen MR) is 104 cm³/mol. The van der Waals surface area contributed by atoms with Gasteiger partial charge in [0.1, 0.15) is 24.5 Å². The molecule has 2 heterocycles. The smallest absolute Gasteiger partial charge is 0.368 e. The van der Waals surface area contributed by atoms with E-state index in [1.165, 1.54) is 25.7 Å². The van der Waals surface area contributed by atoms with Gasteiger partial charge in [-0.25, -0.2) is 4.79 Å². The van der Waals surface area contributed by atoms with Crippen molar-refractivity contribution in [2.75, 3.05) is 19.2 Å². The highest BCUT2D eigenvalue weighted by molar-refractivity contribution is 7.99. The Morgan fingerprint density at radius 1 is 1.33 bits per heavy atom. The third kappa shape index (κ3) is 5.69. The number of halogens is 3. The van der Waals surface area contributed by atoms with E-state index in [0.29, 0.717) is 17.4 Å². The van der Waals surface area contributed by atoms with Crippen LogP contribution in [0.25, 0.3) is 0 Å². The zero-order valence-electron chi connectivity index (χ0n) is 16.2. The van der Waals surface area contributed by atoms with Gasteiger partial charge >= 0.3 is 11.9 Å². The summed E-state index contributed by atoms with van der Waals surface area (Å²) in [6, 6.07) is 0. The van der Waals surface area contributed by atoms with Crippen LogP contribution in [-0.2, 0) is 20.4 Å². The molecule has 2 fully saturated rings. The largest absolute Gasteiger partial charge is 0.423 e. The van der Waals surface area contributed by atoms with Crippen LogP contribution in [0.2, 0.25) is 0 Å². The second-order valence-corrected chi connectivity index (χ2v) is 8.42. The molecule has 30 heavy (non-hydrogen) atoms. The van der Waals surface area contributed by atoms with E-state index in [0.717, 1.165) is 4.57 Å². The monoisotopic (exact) mass is 448 g/mol. The van der Waals surface area contributed by atoms with Crippen LogP contribution in [0.3, 0.4) is 0 Å². The third-order valence-electron chi connectivity index (χ3n) is 5.12. The van der Waals surface area contributed by atoms with Crippen LogP contribution in [0.15, 0.2) is 15.8 Å².